The normalized spacial score (nSPS) is 19.0. The van der Waals surface area contributed by atoms with Gasteiger partial charge >= 0.3 is 0 Å². The summed E-state index contributed by atoms with van der Waals surface area (Å²) in [5.41, 5.74) is 1.18. The van der Waals surface area contributed by atoms with Gasteiger partial charge in [-0.15, -0.1) is 0 Å². The van der Waals surface area contributed by atoms with Crippen molar-refractivity contribution < 1.29 is 33.3 Å². The van der Waals surface area contributed by atoms with E-state index in [2.05, 4.69) is 0 Å². The molecule has 0 spiro atoms. The zero-order valence-electron chi connectivity index (χ0n) is 17.1. The van der Waals surface area contributed by atoms with E-state index in [0.717, 1.165) is 22.6 Å². The number of ether oxygens (including phenoxy) is 1. The van der Waals surface area contributed by atoms with Gasteiger partial charge in [0.1, 0.15) is 17.3 Å². The average Bonchev–Trinajstić information content (AvgIpc) is 3.37. The second-order valence-corrected chi connectivity index (χ2v) is 7.78. The number of aliphatic hydroxyl groups excluding tert-OH is 1. The van der Waals surface area contributed by atoms with E-state index in [4.69, 9.17) is 4.74 Å². The number of hydrogen-bond donors (Lipinski definition) is 2. The highest BCUT2D eigenvalue weighted by molar-refractivity contribution is 6.51. The van der Waals surface area contributed by atoms with E-state index in [9.17, 15) is 28.6 Å². The van der Waals surface area contributed by atoms with Crippen molar-refractivity contribution in [2.24, 2.45) is 0 Å². The predicted octanol–water partition coefficient (Wildman–Crippen LogP) is 4.23. The summed E-state index contributed by atoms with van der Waals surface area (Å²) < 4.78 is 33.0. The summed E-state index contributed by atoms with van der Waals surface area (Å²) in [6.07, 6.45) is 0.635. The SMILES string of the molecule is O=C1C(=O)N(c2ccc(F)c(F)c2)C(c2cccc(O)c2)/C1=C(/O)c1ccc2c(c1)CCO2. The fraction of sp³-hybridized carbons (Fsp3) is 0.120. The molecule has 166 valence electrons. The number of nitrogens with zero attached hydrogens (tertiary/aromatic N) is 1. The maximum Gasteiger partial charge on any atom is 0.300 e. The van der Waals surface area contributed by atoms with Crippen LogP contribution in [0.1, 0.15) is 22.7 Å². The number of phenols is 1. The molecule has 0 radical (unpaired) electrons. The number of ketones is 1. The molecular formula is C25H17F2NO5. The van der Waals surface area contributed by atoms with Crippen LogP contribution in [0, 0.1) is 11.6 Å². The summed E-state index contributed by atoms with van der Waals surface area (Å²) >= 11 is 0. The van der Waals surface area contributed by atoms with Gasteiger partial charge < -0.3 is 14.9 Å². The largest absolute Gasteiger partial charge is 0.508 e. The minimum Gasteiger partial charge on any atom is -0.508 e. The van der Waals surface area contributed by atoms with Crippen molar-refractivity contribution >= 4 is 23.1 Å². The van der Waals surface area contributed by atoms with Crippen molar-refractivity contribution in [3.63, 3.8) is 0 Å². The van der Waals surface area contributed by atoms with Crippen molar-refractivity contribution in [1.29, 1.82) is 0 Å². The van der Waals surface area contributed by atoms with Gasteiger partial charge in [0.25, 0.3) is 11.7 Å². The van der Waals surface area contributed by atoms with E-state index in [1.807, 2.05) is 0 Å². The molecule has 1 amide bonds. The highest BCUT2D eigenvalue weighted by Gasteiger charge is 2.47. The van der Waals surface area contributed by atoms with E-state index in [-0.39, 0.29) is 17.0 Å². The second-order valence-electron chi connectivity index (χ2n) is 7.78. The molecule has 0 aliphatic carbocycles. The van der Waals surface area contributed by atoms with E-state index >= 15 is 0 Å². The van der Waals surface area contributed by atoms with Crippen LogP contribution >= 0.6 is 0 Å². The lowest BCUT2D eigenvalue weighted by Gasteiger charge is -2.25. The molecule has 8 heteroatoms. The molecule has 6 nitrogen and oxygen atoms in total. The first-order valence-corrected chi connectivity index (χ1v) is 10.2. The van der Waals surface area contributed by atoms with Crippen molar-refractivity contribution in [2.75, 3.05) is 11.5 Å². The lowest BCUT2D eigenvalue weighted by Crippen LogP contribution is -2.29. The standard InChI is InChI=1S/C25H17F2NO5/c26-18-6-5-16(12-19(18)27)28-22(14-2-1-3-17(29)11-14)21(24(31)25(28)32)23(30)15-4-7-20-13(10-15)8-9-33-20/h1-7,10-12,22,29-30H,8-9H2/b23-21-. The summed E-state index contributed by atoms with van der Waals surface area (Å²) in [7, 11) is 0. The van der Waals surface area contributed by atoms with Crippen LogP contribution in [0.5, 0.6) is 11.5 Å². The number of carbonyl (C=O) groups excluding carboxylic acids is 2. The summed E-state index contributed by atoms with van der Waals surface area (Å²) in [6, 6.07) is 12.4. The number of phenolic OH excluding ortho intramolecular Hbond substituents is 1. The number of aromatic hydroxyl groups is 1. The number of benzene rings is 3. The van der Waals surface area contributed by atoms with Gasteiger partial charge in [0, 0.05) is 23.7 Å². The minimum absolute atomic E-state index is 0.0641. The summed E-state index contributed by atoms with van der Waals surface area (Å²) in [4.78, 5) is 27.1. The number of Topliss-reactive ketones (excluding diaryl/α,β-unsaturated/α-hetero) is 1. The molecule has 3 aromatic rings. The zero-order valence-corrected chi connectivity index (χ0v) is 17.1. The summed E-state index contributed by atoms with van der Waals surface area (Å²) in [5, 5.41) is 21.1. The molecule has 2 aliphatic heterocycles. The molecule has 2 N–H and O–H groups in total. The van der Waals surface area contributed by atoms with E-state index in [1.54, 1.807) is 24.3 Å². The molecular weight excluding hydrogens is 432 g/mol. The van der Waals surface area contributed by atoms with Crippen LogP contribution in [0.2, 0.25) is 0 Å². The van der Waals surface area contributed by atoms with E-state index < -0.39 is 35.1 Å². The maximum atomic E-state index is 14.0. The van der Waals surface area contributed by atoms with Gasteiger partial charge in [0.15, 0.2) is 11.6 Å². The Morgan fingerprint density at radius 3 is 2.58 bits per heavy atom. The third-order valence-electron chi connectivity index (χ3n) is 5.77. The third kappa shape index (κ3) is 3.40. The van der Waals surface area contributed by atoms with Gasteiger partial charge in [-0.1, -0.05) is 12.1 Å². The number of carbonyl (C=O) groups is 2. The Morgan fingerprint density at radius 1 is 1.00 bits per heavy atom. The van der Waals surface area contributed by atoms with Crippen molar-refractivity contribution in [3.8, 4) is 11.5 Å². The first-order valence-electron chi connectivity index (χ1n) is 10.2. The summed E-state index contributed by atoms with van der Waals surface area (Å²) in [5.74, 6) is -4.16. The fourth-order valence-corrected chi connectivity index (χ4v) is 4.23. The highest BCUT2D eigenvalue weighted by atomic mass is 19.2. The van der Waals surface area contributed by atoms with Gasteiger partial charge in [-0.3, -0.25) is 14.5 Å². The topological polar surface area (TPSA) is 87.1 Å². The minimum atomic E-state index is -1.19. The van der Waals surface area contributed by atoms with Gasteiger partial charge in [0.2, 0.25) is 0 Å². The Bertz CT molecular complexity index is 1350. The number of aliphatic hydroxyl groups is 1. The molecule has 5 rings (SSSR count). The predicted molar refractivity (Wildman–Crippen MR) is 115 cm³/mol. The molecule has 1 atom stereocenters. The molecule has 33 heavy (non-hydrogen) atoms. The molecule has 1 saturated heterocycles. The molecule has 1 unspecified atom stereocenters. The zero-order chi connectivity index (χ0) is 23.3. The number of amides is 1. The Morgan fingerprint density at radius 2 is 1.82 bits per heavy atom. The van der Waals surface area contributed by atoms with E-state index in [1.165, 1.54) is 24.3 Å². The highest BCUT2D eigenvalue weighted by Crippen LogP contribution is 2.43. The second kappa shape index (κ2) is 7.74. The third-order valence-corrected chi connectivity index (χ3v) is 5.77. The molecule has 2 aliphatic rings. The lowest BCUT2D eigenvalue weighted by atomic mass is 9.94. The van der Waals surface area contributed by atoms with Crippen molar-refractivity contribution in [1.82, 2.24) is 0 Å². The van der Waals surface area contributed by atoms with Crippen LogP contribution < -0.4 is 9.64 Å². The molecule has 2 heterocycles. The van der Waals surface area contributed by atoms with Gasteiger partial charge in [0.05, 0.1) is 18.2 Å². The van der Waals surface area contributed by atoms with Crippen LogP contribution in [-0.4, -0.2) is 28.5 Å². The number of rotatable bonds is 3. The fourth-order valence-electron chi connectivity index (χ4n) is 4.23. The first kappa shape index (κ1) is 20.7. The number of halogens is 2. The van der Waals surface area contributed by atoms with Crippen LogP contribution in [0.25, 0.3) is 5.76 Å². The Hall–Kier alpha value is -4.20. The smallest absolute Gasteiger partial charge is 0.300 e. The average molecular weight is 449 g/mol. The quantitative estimate of drug-likeness (QED) is 0.355. The van der Waals surface area contributed by atoms with Crippen LogP contribution in [-0.2, 0) is 16.0 Å². The van der Waals surface area contributed by atoms with E-state index in [0.29, 0.717) is 29.9 Å². The van der Waals surface area contributed by atoms with Crippen molar-refractivity contribution in [2.45, 2.75) is 12.5 Å². The van der Waals surface area contributed by atoms with Crippen LogP contribution in [0.4, 0.5) is 14.5 Å². The molecule has 3 aromatic carbocycles. The number of anilines is 1. The Labute approximate surface area is 187 Å². The van der Waals surface area contributed by atoms with Gasteiger partial charge in [-0.05, 0) is 53.6 Å². The van der Waals surface area contributed by atoms with Crippen LogP contribution in [0.15, 0.2) is 66.2 Å². The van der Waals surface area contributed by atoms with Gasteiger partial charge in [-0.25, -0.2) is 8.78 Å². The van der Waals surface area contributed by atoms with Crippen LogP contribution in [0.3, 0.4) is 0 Å². The number of hydrogen-bond acceptors (Lipinski definition) is 5. The maximum absolute atomic E-state index is 14.0. The summed E-state index contributed by atoms with van der Waals surface area (Å²) in [6.45, 7) is 0.503. The van der Waals surface area contributed by atoms with Crippen molar-refractivity contribution in [3.05, 3.63) is 94.6 Å². The molecule has 1 fully saturated rings. The Balaban J connectivity index is 1.72. The lowest BCUT2D eigenvalue weighted by molar-refractivity contribution is -0.132. The first-order chi connectivity index (χ1) is 15.8. The monoisotopic (exact) mass is 449 g/mol. The number of fused-ring (bicyclic) bond motifs is 1. The van der Waals surface area contributed by atoms with Gasteiger partial charge in [-0.2, -0.15) is 0 Å². The molecule has 0 saturated carbocycles. The molecule has 0 bridgehead atoms. The Kier molecular flexibility index (Phi) is 4.85. The molecule has 0 aromatic heterocycles.